The fourth-order valence-electron chi connectivity index (χ4n) is 5.07. The lowest BCUT2D eigenvalue weighted by molar-refractivity contribution is -0.137. The number of nitrogens with one attached hydrogen (secondary N) is 2. The molecule has 5 aromatic rings. The summed E-state index contributed by atoms with van der Waals surface area (Å²) in [5.41, 5.74) is 3.85. The highest BCUT2D eigenvalue weighted by molar-refractivity contribution is 6.04. The summed E-state index contributed by atoms with van der Waals surface area (Å²) in [7, 11) is 0. The van der Waals surface area contributed by atoms with E-state index in [4.69, 9.17) is 4.74 Å². The number of carbonyl (C=O) groups is 1. The highest BCUT2D eigenvalue weighted by Crippen LogP contribution is 2.35. The molecule has 0 radical (unpaired) electrons. The summed E-state index contributed by atoms with van der Waals surface area (Å²) in [6, 6.07) is 8.78. The van der Waals surface area contributed by atoms with Crippen molar-refractivity contribution in [2.24, 2.45) is 0 Å². The zero-order valence-corrected chi connectivity index (χ0v) is 23.3. The minimum Gasteiger partial charge on any atom is -0.358 e. The van der Waals surface area contributed by atoms with Gasteiger partial charge < -0.3 is 15.4 Å². The lowest BCUT2D eigenvalue weighted by Gasteiger charge is -2.23. The number of ether oxygens (including phenoxy) is 1. The number of amides is 1. The van der Waals surface area contributed by atoms with Crippen LogP contribution in [0, 0.1) is 13.8 Å². The van der Waals surface area contributed by atoms with Gasteiger partial charge in [-0.05, 0) is 74.6 Å². The number of hydrogen-bond acceptors (Lipinski definition) is 8. The van der Waals surface area contributed by atoms with Crippen molar-refractivity contribution in [1.29, 1.82) is 0 Å². The molecule has 4 aromatic heterocycles. The van der Waals surface area contributed by atoms with Gasteiger partial charge in [-0.2, -0.15) is 13.2 Å². The quantitative estimate of drug-likeness (QED) is 0.227. The zero-order chi connectivity index (χ0) is 30.1. The Labute approximate surface area is 244 Å². The third-order valence-corrected chi connectivity index (χ3v) is 7.28. The Morgan fingerprint density at radius 3 is 2.60 bits per heavy atom. The molecule has 1 saturated heterocycles. The lowest BCUT2D eigenvalue weighted by atomic mass is 10.1. The number of nitrogens with zero attached hydrogens (tertiary/aromatic N) is 6. The first kappa shape index (κ1) is 28.2. The Kier molecular flexibility index (Phi) is 7.48. The smallest absolute Gasteiger partial charge is 0.358 e. The van der Waals surface area contributed by atoms with E-state index in [9.17, 15) is 18.0 Å². The van der Waals surface area contributed by atoms with Crippen LogP contribution in [0.15, 0.2) is 61.4 Å². The van der Waals surface area contributed by atoms with E-state index in [1.165, 1.54) is 6.33 Å². The Bertz CT molecular complexity index is 1820. The van der Waals surface area contributed by atoms with Crippen molar-refractivity contribution < 1.29 is 22.7 Å². The maximum atomic E-state index is 13.2. The van der Waals surface area contributed by atoms with E-state index < -0.39 is 17.6 Å². The second kappa shape index (κ2) is 11.4. The van der Waals surface area contributed by atoms with Crippen molar-refractivity contribution >= 4 is 34.3 Å². The molecule has 1 amide bonds. The van der Waals surface area contributed by atoms with Gasteiger partial charge in [0, 0.05) is 35.9 Å². The number of hydrogen-bond donors (Lipinski definition) is 2. The highest BCUT2D eigenvalue weighted by Gasteiger charge is 2.31. The minimum absolute atomic E-state index is 0.136. The molecule has 1 aliphatic heterocycles. The van der Waals surface area contributed by atoms with E-state index >= 15 is 0 Å². The van der Waals surface area contributed by atoms with Gasteiger partial charge in [-0.15, -0.1) is 0 Å². The van der Waals surface area contributed by atoms with Crippen LogP contribution in [-0.4, -0.2) is 42.0 Å². The summed E-state index contributed by atoms with van der Waals surface area (Å²) in [5.74, 6) is -0.266. The molecule has 13 heteroatoms. The number of carbonyl (C=O) groups excluding carboxylic acids is 1. The van der Waals surface area contributed by atoms with E-state index in [1.54, 1.807) is 31.6 Å². The molecule has 2 N–H and O–H groups in total. The van der Waals surface area contributed by atoms with E-state index in [1.807, 2.05) is 23.6 Å². The number of halogens is 3. The zero-order valence-electron chi connectivity index (χ0n) is 23.3. The Balaban J connectivity index is 1.31. The van der Waals surface area contributed by atoms with Crippen molar-refractivity contribution in [3.05, 3.63) is 83.8 Å². The van der Waals surface area contributed by atoms with Crippen molar-refractivity contribution in [3.63, 3.8) is 0 Å². The van der Waals surface area contributed by atoms with E-state index in [0.29, 0.717) is 46.2 Å². The average molecular weight is 589 g/mol. The monoisotopic (exact) mass is 588 g/mol. The maximum absolute atomic E-state index is 13.2. The SMILES string of the molecule is Cc1cc(C)c(Nc2ncccc2-c2ncnc3c2ncn3C2CCCCO2)cc1NC(=O)c1cc(C(F)(F)F)ccn1. The highest BCUT2D eigenvalue weighted by atomic mass is 19.4. The van der Waals surface area contributed by atoms with E-state index in [0.717, 1.165) is 48.7 Å². The van der Waals surface area contributed by atoms with Crippen LogP contribution in [0.5, 0.6) is 0 Å². The number of aromatic nitrogens is 6. The number of imidazole rings is 1. The van der Waals surface area contributed by atoms with Gasteiger partial charge in [0.25, 0.3) is 5.91 Å². The van der Waals surface area contributed by atoms with Gasteiger partial charge in [0.05, 0.1) is 11.9 Å². The number of fused-ring (bicyclic) bond motifs is 1. The van der Waals surface area contributed by atoms with Crippen LogP contribution in [0.4, 0.5) is 30.4 Å². The standard InChI is InChI=1S/C30H27F3N8O2/c1-17-12-18(2)22(40-29(42)23-13-19(8-10-34-23)30(31,32)33)14-21(17)39-27-20(6-5-9-35-27)25-26-28(37-15-36-25)41(16-38-26)24-7-3-4-11-43-24/h5-6,8-10,12-16,24H,3-4,7,11H2,1-2H3,(H,35,39)(H,40,42). The molecule has 1 fully saturated rings. The summed E-state index contributed by atoms with van der Waals surface area (Å²) in [6.45, 7) is 4.38. The number of alkyl halides is 3. The minimum atomic E-state index is -4.59. The molecule has 0 aliphatic carbocycles. The van der Waals surface area contributed by atoms with Crippen LogP contribution in [0.1, 0.15) is 52.7 Å². The first-order chi connectivity index (χ1) is 20.7. The number of aryl methyl sites for hydroxylation is 2. The van der Waals surface area contributed by atoms with Crippen LogP contribution in [0.25, 0.3) is 22.4 Å². The molecule has 43 heavy (non-hydrogen) atoms. The largest absolute Gasteiger partial charge is 0.416 e. The van der Waals surface area contributed by atoms with Crippen LogP contribution in [0.2, 0.25) is 0 Å². The van der Waals surface area contributed by atoms with Gasteiger partial charge in [-0.1, -0.05) is 6.07 Å². The molecule has 0 spiro atoms. The lowest BCUT2D eigenvalue weighted by Crippen LogP contribution is -2.17. The molecule has 0 saturated carbocycles. The van der Waals surface area contributed by atoms with E-state index in [2.05, 4.69) is 35.6 Å². The molecule has 1 aromatic carbocycles. The Morgan fingerprint density at radius 1 is 0.977 bits per heavy atom. The van der Waals surface area contributed by atoms with Gasteiger partial charge in [0.1, 0.15) is 35.3 Å². The van der Waals surface area contributed by atoms with Crippen molar-refractivity contribution in [2.45, 2.75) is 45.5 Å². The van der Waals surface area contributed by atoms with Crippen LogP contribution < -0.4 is 10.6 Å². The molecule has 10 nitrogen and oxygen atoms in total. The Morgan fingerprint density at radius 2 is 1.81 bits per heavy atom. The van der Waals surface area contributed by atoms with Crippen molar-refractivity contribution in [1.82, 2.24) is 29.5 Å². The summed E-state index contributed by atoms with van der Waals surface area (Å²) in [5, 5.41) is 6.03. The van der Waals surface area contributed by atoms with Crippen LogP contribution in [0.3, 0.4) is 0 Å². The molecule has 1 aliphatic rings. The van der Waals surface area contributed by atoms with Crippen molar-refractivity contribution in [3.8, 4) is 11.3 Å². The number of pyridine rings is 2. The predicted octanol–water partition coefficient (Wildman–Crippen LogP) is 6.61. The first-order valence-corrected chi connectivity index (χ1v) is 13.7. The normalized spacial score (nSPS) is 15.4. The van der Waals surface area contributed by atoms with Gasteiger partial charge >= 0.3 is 6.18 Å². The molecule has 220 valence electrons. The molecular formula is C30H27F3N8O2. The molecule has 0 bridgehead atoms. The van der Waals surface area contributed by atoms with Gasteiger partial charge in [-0.25, -0.2) is 19.9 Å². The second-order valence-corrected chi connectivity index (χ2v) is 10.3. The molecule has 5 heterocycles. The van der Waals surface area contributed by atoms with Gasteiger partial charge in [-0.3, -0.25) is 14.3 Å². The molecule has 1 atom stereocenters. The summed E-state index contributed by atoms with van der Waals surface area (Å²) in [6.07, 6.45) is 4.06. The topological polar surface area (TPSA) is 120 Å². The number of anilines is 3. The maximum Gasteiger partial charge on any atom is 0.416 e. The summed E-state index contributed by atoms with van der Waals surface area (Å²) in [4.78, 5) is 34.9. The summed E-state index contributed by atoms with van der Waals surface area (Å²) >= 11 is 0. The van der Waals surface area contributed by atoms with Crippen molar-refractivity contribution in [2.75, 3.05) is 17.2 Å². The van der Waals surface area contributed by atoms with Crippen LogP contribution in [-0.2, 0) is 10.9 Å². The summed E-state index contributed by atoms with van der Waals surface area (Å²) < 4.78 is 47.4. The number of rotatable bonds is 6. The molecular weight excluding hydrogens is 561 g/mol. The fourth-order valence-corrected chi connectivity index (χ4v) is 5.07. The van der Waals surface area contributed by atoms with Gasteiger partial charge in [0.15, 0.2) is 5.65 Å². The van der Waals surface area contributed by atoms with Crippen LogP contribution >= 0.6 is 0 Å². The first-order valence-electron chi connectivity index (χ1n) is 13.7. The Hall–Kier alpha value is -4.91. The second-order valence-electron chi connectivity index (χ2n) is 10.3. The molecule has 1 unspecified atom stereocenters. The molecule has 6 rings (SSSR count). The fraction of sp³-hybridized carbons (Fsp3) is 0.267. The van der Waals surface area contributed by atoms with E-state index in [-0.39, 0.29) is 11.9 Å². The third kappa shape index (κ3) is 5.75. The van der Waals surface area contributed by atoms with Gasteiger partial charge in [0.2, 0.25) is 0 Å². The third-order valence-electron chi connectivity index (χ3n) is 7.28. The predicted molar refractivity (Wildman–Crippen MR) is 154 cm³/mol. The average Bonchev–Trinajstić information content (AvgIpc) is 3.44. The number of benzene rings is 1.